The summed E-state index contributed by atoms with van der Waals surface area (Å²) >= 11 is 0. The van der Waals surface area contributed by atoms with E-state index in [1.807, 2.05) is 56.3 Å². The molecule has 7 heteroatoms. The number of guanidine groups is 1. The molecule has 170 valence electrons. The van der Waals surface area contributed by atoms with Crippen LogP contribution in [-0.2, 0) is 4.74 Å². The normalized spacial score (nSPS) is 18.0. The molecule has 3 N–H and O–H groups in total. The average molecular weight is 429 g/mol. The number of nitrogens with one attached hydrogen (secondary N) is 2. The van der Waals surface area contributed by atoms with E-state index in [-0.39, 0.29) is 25.3 Å². The molecule has 31 heavy (non-hydrogen) atoms. The number of furan rings is 1. The van der Waals surface area contributed by atoms with Crippen molar-refractivity contribution in [3.63, 3.8) is 0 Å². The molecule has 1 aromatic carbocycles. The van der Waals surface area contributed by atoms with Gasteiger partial charge in [-0.05, 0) is 57.5 Å². The van der Waals surface area contributed by atoms with Crippen LogP contribution in [0, 0.1) is 0 Å². The fraction of sp³-hybridized carbons (Fsp3) is 0.542. The molecular weight excluding hydrogens is 392 g/mol. The van der Waals surface area contributed by atoms with Gasteiger partial charge in [0.1, 0.15) is 5.76 Å². The molecule has 3 atom stereocenters. The summed E-state index contributed by atoms with van der Waals surface area (Å²) in [6, 6.07) is 14.1. The van der Waals surface area contributed by atoms with E-state index >= 15 is 0 Å². The molecule has 2 heterocycles. The lowest BCUT2D eigenvalue weighted by Crippen LogP contribution is -2.43. The number of aliphatic imine (C=N–C) groups is 1. The van der Waals surface area contributed by atoms with E-state index in [4.69, 9.17) is 9.15 Å². The van der Waals surface area contributed by atoms with Crippen LogP contribution in [-0.4, -0.2) is 61.4 Å². The molecule has 0 bridgehead atoms. The second kappa shape index (κ2) is 12.5. The smallest absolute Gasteiger partial charge is 0.191 e. The Morgan fingerprint density at radius 3 is 2.61 bits per heavy atom. The lowest BCUT2D eigenvalue weighted by atomic mass is 10.1. The molecule has 0 radical (unpaired) electrons. The molecule has 3 rings (SSSR count). The molecule has 2 aromatic rings. The summed E-state index contributed by atoms with van der Waals surface area (Å²) in [5.41, 5.74) is 1.10. The number of nitrogens with zero attached hydrogens (tertiary/aromatic N) is 2. The monoisotopic (exact) mass is 428 g/mol. The Morgan fingerprint density at radius 2 is 1.94 bits per heavy atom. The molecule has 0 amide bonds. The van der Waals surface area contributed by atoms with Crippen LogP contribution in [0.5, 0.6) is 0 Å². The zero-order valence-corrected chi connectivity index (χ0v) is 18.7. The molecular formula is C24H36N4O3. The molecule has 7 nitrogen and oxygen atoms in total. The van der Waals surface area contributed by atoms with Crippen LogP contribution in [0.1, 0.15) is 50.2 Å². The highest BCUT2D eigenvalue weighted by Gasteiger charge is 2.25. The standard InChI is InChI=1S/C24H36N4O3/c1-3-25-24(26-16-21(29)18-31-19(2)20-10-5-4-6-11-20)27-17-22(23-12-9-15-30-23)28-13-7-8-14-28/h4-6,9-12,15,19,21-22,29H,3,7-8,13-14,16-18H2,1-2H3,(H2,25,26,27). The Kier molecular flexibility index (Phi) is 9.39. The summed E-state index contributed by atoms with van der Waals surface area (Å²) in [4.78, 5) is 7.01. The molecule has 0 spiro atoms. The molecule has 0 aliphatic carbocycles. The van der Waals surface area contributed by atoms with E-state index in [1.165, 1.54) is 12.8 Å². The van der Waals surface area contributed by atoms with Crippen LogP contribution in [0.25, 0.3) is 0 Å². The van der Waals surface area contributed by atoms with Gasteiger partial charge in [0.25, 0.3) is 0 Å². The number of hydrogen-bond acceptors (Lipinski definition) is 5. The Balaban J connectivity index is 1.50. The zero-order chi connectivity index (χ0) is 21.9. The molecule has 1 aromatic heterocycles. The fourth-order valence-corrected chi connectivity index (χ4v) is 3.80. The maximum absolute atomic E-state index is 10.4. The Bertz CT molecular complexity index is 760. The van der Waals surface area contributed by atoms with E-state index in [2.05, 4.69) is 20.5 Å². The quantitative estimate of drug-likeness (QED) is 0.377. The minimum atomic E-state index is -0.666. The van der Waals surface area contributed by atoms with Gasteiger partial charge < -0.3 is 24.9 Å². The van der Waals surface area contributed by atoms with Crippen molar-refractivity contribution in [2.24, 2.45) is 4.99 Å². The van der Waals surface area contributed by atoms with Gasteiger partial charge in [-0.3, -0.25) is 9.89 Å². The zero-order valence-electron chi connectivity index (χ0n) is 18.7. The van der Waals surface area contributed by atoms with Crippen LogP contribution >= 0.6 is 0 Å². The molecule has 3 unspecified atom stereocenters. The van der Waals surface area contributed by atoms with Gasteiger partial charge in [-0.2, -0.15) is 0 Å². The van der Waals surface area contributed by atoms with Crippen molar-refractivity contribution in [1.29, 1.82) is 0 Å². The van der Waals surface area contributed by atoms with Crippen molar-refractivity contribution in [3.05, 3.63) is 60.1 Å². The first kappa shape index (κ1) is 23.3. The molecule has 1 aliphatic rings. The van der Waals surface area contributed by atoms with Gasteiger partial charge in [0.05, 0.1) is 37.7 Å². The maximum Gasteiger partial charge on any atom is 0.191 e. The summed E-state index contributed by atoms with van der Waals surface area (Å²) < 4.78 is 11.5. The van der Waals surface area contributed by atoms with Crippen LogP contribution in [0.4, 0.5) is 0 Å². The lowest BCUT2D eigenvalue weighted by Gasteiger charge is -2.26. The van der Waals surface area contributed by atoms with Gasteiger partial charge in [0.15, 0.2) is 5.96 Å². The first-order valence-corrected chi connectivity index (χ1v) is 11.3. The number of aliphatic hydroxyl groups is 1. The van der Waals surface area contributed by atoms with E-state index < -0.39 is 6.10 Å². The number of likely N-dealkylation sites (tertiary alicyclic amines) is 1. The highest BCUT2D eigenvalue weighted by Crippen LogP contribution is 2.24. The predicted octanol–water partition coefficient (Wildman–Crippen LogP) is 3.11. The predicted molar refractivity (Wildman–Crippen MR) is 123 cm³/mol. The Labute approximate surface area is 185 Å². The first-order valence-electron chi connectivity index (χ1n) is 11.3. The lowest BCUT2D eigenvalue weighted by molar-refractivity contribution is 0.00111. The summed E-state index contributed by atoms with van der Waals surface area (Å²) in [7, 11) is 0. The van der Waals surface area contributed by atoms with Gasteiger partial charge in [-0.25, -0.2) is 0 Å². The minimum Gasteiger partial charge on any atom is -0.468 e. The summed E-state index contributed by atoms with van der Waals surface area (Å²) in [6.45, 7) is 8.13. The molecule has 1 fully saturated rings. The van der Waals surface area contributed by atoms with Crippen LogP contribution < -0.4 is 10.6 Å². The van der Waals surface area contributed by atoms with Crippen molar-refractivity contribution in [2.45, 2.75) is 44.9 Å². The van der Waals surface area contributed by atoms with E-state index in [1.54, 1.807) is 6.26 Å². The van der Waals surface area contributed by atoms with E-state index in [0.717, 1.165) is 31.0 Å². The first-order chi connectivity index (χ1) is 15.2. The van der Waals surface area contributed by atoms with Crippen molar-refractivity contribution in [2.75, 3.05) is 39.3 Å². The number of ether oxygens (including phenoxy) is 1. The Morgan fingerprint density at radius 1 is 1.16 bits per heavy atom. The second-order valence-corrected chi connectivity index (χ2v) is 7.91. The number of aliphatic hydroxyl groups excluding tert-OH is 1. The summed E-state index contributed by atoms with van der Waals surface area (Å²) in [6.07, 6.45) is 3.43. The van der Waals surface area contributed by atoms with Crippen molar-refractivity contribution in [3.8, 4) is 0 Å². The van der Waals surface area contributed by atoms with E-state index in [0.29, 0.717) is 12.5 Å². The summed E-state index contributed by atoms with van der Waals surface area (Å²) in [5.74, 6) is 1.65. The van der Waals surface area contributed by atoms with Crippen LogP contribution in [0.2, 0.25) is 0 Å². The van der Waals surface area contributed by atoms with Gasteiger partial charge in [0, 0.05) is 13.1 Å². The third-order valence-corrected chi connectivity index (χ3v) is 5.53. The fourth-order valence-electron chi connectivity index (χ4n) is 3.80. The maximum atomic E-state index is 10.4. The number of rotatable bonds is 11. The highest BCUT2D eigenvalue weighted by molar-refractivity contribution is 5.79. The topological polar surface area (TPSA) is 82.3 Å². The number of benzene rings is 1. The van der Waals surface area contributed by atoms with Gasteiger partial charge in [-0.1, -0.05) is 30.3 Å². The minimum absolute atomic E-state index is 0.0688. The van der Waals surface area contributed by atoms with Gasteiger partial charge in [-0.15, -0.1) is 0 Å². The summed E-state index contributed by atoms with van der Waals surface area (Å²) in [5, 5.41) is 17.0. The Hall–Kier alpha value is -2.35. The second-order valence-electron chi connectivity index (χ2n) is 7.91. The molecule has 1 aliphatic heterocycles. The highest BCUT2D eigenvalue weighted by atomic mass is 16.5. The average Bonchev–Trinajstić information content (AvgIpc) is 3.51. The third kappa shape index (κ3) is 7.38. The molecule has 1 saturated heterocycles. The third-order valence-electron chi connectivity index (χ3n) is 5.53. The van der Waals surface area contributed by atoms with Gasteiger partial charge >= 0.3 is 0 Å². The largest absolute Gasteiger partial charge is 0.468 e. The van der Waals surface area contributed by atoms with Crippen molar-refractivity contribution >= 4 is 5.96 Å². The SMILES string of the molecule is CCNC(=NCC(O)COC(C)c1ccccc1)NCC(c1ccco1)N1CCCC1. The van der Waals surface area contributed by atoms with Crippen LogP contribution in [0.15, 0.2) is 58.1 Å². The van der Waals surface area contributed by atoms with Crippen LogP contribution in [0.3, 0.4) is 0 Å². The molecule has 0 saturated carbocycles. The van der Waals surface area contributed by atoms with Gasteiger partial charge in [0.2, 0.25) is 0 Å². The van der Waals surface area contributed by atoms with E-state index in [9.17, 15) is 5.11 Å². The van der Waals surface area contributed by atoms with Crippen molar-refractivity contribution < 1.29 is 14.3 Å². The number of hydrogen-bond donors (Lipinski definition) is 3. The van der Waals surface area contributed by atoms with Crippen molar-refractivity contribution in [1.82, 2.24) is 15.5 Å².